The standard InChI is InChI=1S/C21H27NO4/c1-3-25-21(24)15-26-19-11-9-17(10-12-19)13-16(2)22-14-20(23)18-7-5-4-6-8-18/h4-12,16,20,22-23H,3,13-15H2,1-2H3/t16-,20+/m1/s1. The number of carbonyl (C=O) groups is 1. The van der Waals surface area contributed by atoms with Gasteiger partial charge in [-0.2, -0.15) is 0 Å². The van der Waals surface area contributed by atoms with E-state index in [2.05, 4.69) is 12.2 Å². The fourth-order valence-electron chi connectivity index (χ4n) is 2.60. The first-order chi connectivity index (χ1) is 12.6. The Morgan fingerprint density at radius 3 is 2.46 bits per heavy atom. The molecule has 0 saturated carbocycles. The van der Waals surface area contributed by atoms with E-state index in [4.69, 9.17) is 9.47 Å². The lowest BCUT2D eigenvalue weighted by Gasteiger charge is -2.17. The van der Waals surface area contributed by atoms with Crippen molar-refractivity contribution in [1.82, 2.24) is 5.32 Å². The van der Waals surface area contributed by atoms with Crippen molar-refractivity contribution in [3.05, 3.63) is 65.7 Å². The first-order valence-corrected chi connectivity index (χ1v) is 8.92. The molecule has 0 saturated heterocycles. The van der Waals surface area contributed by atoms with Gasteiger partial charge in [0.1, 0.15) is 5.75 Å². The van der Waals surface area contributed by atoms with Gasteiger partial charge < -0.3 is 19.9 Å². The van der Waals surface area contributed by atoms with Crippen LogP contribution in [-0.2, 0) is 16.0 Å². The molecule has 140 valence electrons. The molecule has 2 N–H and O–H groups in total. The molecule has 0 aliphatic rings. The third kappa shape index (κ3) is 6.86. The molecule has 0 heterocycles. The van der Waals surface area contributed by atoms with E-state index in [9.17, 15) is 9.90 Å². The van der Waals surface area contributed by atoms with Crippen LogP contribution in [0, 0.1) is 0 Å². The number of rotatable bonds is 10. The van der Waals surface area contributed by atoms with E-state index in [1.165, 1.54) is 0 Å². The van der Waals surface area contributed by atoms with E-state index in [-0.39, 0.29) is 18.6 Å². The van der Waals surface area contributed by atoms with Crippen molar-refractivity contribution in [2.24, 2.45) is 0 Å². The number of esters is 1. The minimum atomic E-state index is -0.516. The van der Waals surface area contributed by atoms with Gasteiger partial charge in [-0.15, -0.1) is 0 Å². The SMILES string of the molecule is CCOC(=O)COc1ccc(C[C@@H](C)NC[C@H](O)c2ccccc2)cc1. The van der Waals surface area contributed by atoms with Crippen LogP contribution in [0.25, 0.3) is 0 Å². The van der Waals surface area contributed by atoms with Crippen LogP contribution in [0.1, 0.15) is 31.1 Å². The molecule has 2 aromatic carbocycles. The van der Waals surface area contributed by atoms with E-state index in [0.29, 0.717) is 18.9 Å². The number of nitrogens with one attached hydrogen (secondary N) is 1. The normalized spacial score (nSPS) is 13.0. The maximum Gasteiger partial charge on any atom is 0.344 e. The molecule has 5 nitrogen and oxygen atoms in total. The molecule has 0 unspecified atom stereocenters. The summed E-state index contributed by atoms with van der Waals surface area (Å²) in [6.45, 7) is 4.63. The van der Waals surface area contributed by atoms with Crippen LogP contribution in [0.5, 0.6) is 5.75 Å². The largest absolute Gasteiger partial charge is 0.482 e. The molecule has 26 heavy (non-hydrogen) atoms. The minimum Gasteiger partial charge on any atom is -0.482 e. The van der Waals surface area contributed by atoms with E-state index in [1.54, 1.807) is 6.92 Å². The quantitative estimate of drug-likeness (QED) is 0.640. The van der Waals surface area contributed by atoms with Crippen LogP contribution in [0.2, 0.25) is 0 Å². The number of aliphatic hydroxyl groups is 1. The highest BCUT2D eigenvalue weighted by molar-refractivity contribution is 5.71. The molecule has 0 aromatic heterocycles. The first kappa shape index (κ1) is 19.9. The number of carbonyl (C=O) groups excluding carboxylic acids is 1. The molecular weight excluding hydrogens is 330 g/mol. The maximum atomic E-state index is 11.3. The molecule has 0 aliphatic carbocycles. The average Bonchev–Trinajstić information content (AvgIpc) is 2.66. The summed E-state index contributed by atoms with van der Waals surface area (Å²) in [4.78, 5) is 11.3. The summed E-state index contributed by atoms with van der Waals surface area (Å²) in [5, 5.41) is 13.6. The number of ether oxygens (including phenoxy) is 2. The molecule has 0 fully saturated rings. The lowest BCUT2D eigenvalue weighted by atomic mass is 10.1. The van der Waals surface area contributed by atoms with Gasteiger partial charge in [-0.3, -0.25) is 0 Å². The number of hydrogen-bond acceptors (Lipinski definition) is 5. The fourth-order valence-corrected chi connectivity index (χ4v) is 2.60. The Kier molecular flexibility index (Phi) is 8.12. The van der Waals surface area contributed by atoms with Gasteiger partial charge in [0.2, 0.25) is 0 Å². The van der Waals surface area contributed by atoms with Gasteiger partial charge in [0.05, 0.1) is 12.7 Å². The zero-order chi connectivity index (χ0) is 18.8. The van der Waals surface area contributed by atoms with Crippen molar-refractivity contribution in [2.45, 2.75) is 32.4 Å². The number of benzene rings is 2. The summed E-state index contributed by atoms with van der Waals surface area (Å²) in [6, 6.07) is 17.5. The number of aliphatic hydroxyl groups excluding tert-OH is 1. The zero-order valence-electron chi connectivity index (χ0n) is 15.4. The molecule has 0 aliphatic heterocycles. The second-order valence-corrected chi connectivity index (χ2v) is 6.18. The van der Waals surface area contributed by atoms with Crippen LogP contribution >= 0.6 is 0 Å². The highest BCUT2D eigenvalue weighted by atomic mass is 16.6. The van der Waals surface area contributed by atoms with E-state index in [1.807, 2.05) is 54.6 Å². The maximum absolute atomic E-state index is 11.3. The summed E-state index contributed by atoms with van der Waals surface area (Å²) in [5.74, 6) is 0.272. The predicted molar refractivity (Wildman–Crippen MR) is 101 cm³/mol. The second-order valence-electron chi connectivity index (χ2n) is 6.18. The first-order valence-electron chi connectivity index (χ1n) is 8.92. The summed E-state index contributed by atoms with van der Waals surface area (Å²) in [5.41, 5.74) is 2.07. The Morgan fingerprint density at radius 2 is 1.81 bits per heavy atom. The van der Waals surface area contributed by atoms with Crippen molar-refractivity contribution in [1.29, 1.82) is 0 Å². The van der Waals surface area contributed by atoms with E-state index >= 15 is 0 Å². The molecule has 0 amide bonds. The topological polar surface area (TPSA) is 67.8 Å². The molecular formula is C21H27NO4. The summed E-state index contributed by atoms with van der Waals surface area (Å²) < 4.78 is 10.2. The molecule has 0 bridgehead atoms. The summed E-state index contributed by atoms with van der Waals surface area (Å²) >= 11 is 0. The van der Waals surface area contributed by atoms with Gasteiger partial charge in [-0.25, -0.2) is 4.79 Å². The third-order valence-corrected chi connectivity index (χ3v) is 3.97. The Labute approximate surface area is 155 Å². The Balaban J connectivity index is 1.74. The monoisotopic (exact) mass is 357 g/mol. The van der Waals surface area contributed by atoms with Crippen LogP contribution in [0.3, 0.4) is 0 Å². The van der Waals surface area contributed by atoms with E-state index < -0.39 is 6.10 Å². The highest BCUT2D eigenvalue weighted by Gasteiger charge is 2.10. The lowest BCUT2D eigenvalue weighted by Crippen LogP contribution is -2.32. The Morgan fingerprint density at radius 1 is 1.12 bits per heavy atom. The van der Waals surface area contributed by atoms with Crippen LogP contribution in [-0.4, -0.2) is 36.9 Å². The van der Waals surface area contributed by atoms with Gasteiger partial charge in [0, 0.05) is 12.6 Å². The van der Waals surface area contributed by atoms with Crippen molar-refractivity contribution >= 4 is 5.97 Å². The van der Waals surface area contributed by atoms with E-state index in [0.717, 1.165) is 17.5 Å². The van der Waals surface area contributed by atoms with Gasteiger partial charge in [-0.1, -0.05) is 42.5 Å². The van der Waals surface area contributed by atoms with Crippen LogP contribution < -0.4 is 10.1 Å². The molecule has 0 spiro atoms. The molecule has 5 heteroatoms. The summed E-state index contributed by atoms with van der Waals surface area (Å²) in [6.07, 6.45) is 0.317. The second kappa shape index (κ2) is 10.6. The Hall–Kier alpha value is -2.37. The van der Waals surface area contributed by atoms with Crippen LogP contribution in [0.4, 0.5) is 0 Å². The molecule has 2 aromatic rings. The van der Waals surface area contributed by atoms with Crippen molar-refractivity contribution in [3.63, 3.8) is 0 Å². The van der Waals surface area contributed by atoms with Crippen molar-refractivity contribution < 1.29 is 19.4 Å². The lowest BCUT2D eigenvalue weighted by molar-refractivity contribution is -0.145. The van der Waals surface area contributed by atoms with Crippen LogP contribution in [0.15, 0.2) is 54.6 Å². The smallest absolute Gasteiger partial charge is 0.344 e. The van der Waals surface area contributed by atoms with Crippen molar-refractivity contribution in [3.8, 4) is 5.75 Å². The fraction of sp³-hybridized carbons (Fsp3) is 0.381. The van der Waals surface area contributed by atoms with Crippen molar-refractivity contribution in [2.75, 3.05) is 19.8 Å². The Bertz CT molecular complexity index is 657. The minimum absolute atomic E-state index is 0.0808. The van der Waals surface area contributed by atoms with Gasteiger partial charge in [0.25, 0.3) is 0 Å². The highest BCUT2D eigenvalue weighted by Crippen LogP contribution is 2.14. The van der Waals surface area contributed by atoms with Gasteiger partial charge in [-0.05, 0) is 43.5 Å². The third-order valence-electron chi connectivity index (χ3n) is 3.97. The molecule has 2 rings (SSSR count). The zero-order valence-corrected chi connectivity index (χ0v) is 15.4. The van der Waals surface area contributed by atoms with Gasteiger partial charge in [0.15, 0.2) is 6.61 Å². The predicted octanol–water partition coefficient (Wildman–Crippen LogP) is 2.88. The molecule has 0 radical (unpaired) electrons. The average molecular weight is 357 g/mol. The number of hydrogen-bond donors (Lipinski definition) is 2. The summed E-state index contributed by atoms with van der Waals surface area (Å²) in [7, 11) is 0. The molecule has 2 atom stereocenters. The van der Waals surface area contributed by atoms with Gasteiger partial charge >= 0.3 is 5.97 Å².